The van der Waals surface area contributed by atoms with Crippen LogP contribution in [0.15, 0.2) is 36.7 Å². The van der Waals surface area contributed by atoms with Crippen LogP contribution in [0, 0.1) is 11.3 Å². The fourth-order valence-corrected chi connectivity index (χ4v) is 3.79. The number of thiophene rings is 1. The Morgan fingerprint density at radius 2 is 2.24 bits per heavy atom. The predicted molar refractivity (Wildman–Crippen MR) is 103 cm³/mol. The van der Waals surface area contributed by atoms with Gasteiger partial charge in [0.1, 0.15) is 5.65 Å². The standard InChI is InChI=1S/C19H20N4OS.H2/c1-2-3-12-23(13-4-9-20)19(24)17-6-5-16(25-17)14-7-10-21-18-15(14)8-11-22-18;/h5-8,10-11H,2-4,12-13H2,1H3,(H,21,22);1H. The van der Waals surface area contributed by atoms with Gasteiger partial charge in [-0.15, -0.1) is 11.3 Å². The number of fused-ring (bicyclic) bond motifs is 1. The summed E-state index contributed by atoms with van der Waals surface area (Å²) in [5.41, 5.74) is 1.92. The Bertz CT molecular complexity index is 912. The van der Waals surface area contributed by atoms with Crippen LogP contribution in [0.3, 0.4) is 0 Å². The van der Waals surface area contributed by atoms with Crippen LogP contribution in [0.5, 0.6) is 0 Å². The Labute approximate surface area is 152 Å². The fraction of sp³-hybridized carbons (Fsp3) is 0.316. The van der Waals surface area contributed by atoms with Crippen LogP contribution < -0.4 is 0 Å². The first-order valence-electron chi connectivity index (χ1n) is 8.43. The largest absolute Gasteiger partial charge is 0.346 e. The summed E-state index contributed by atoms with van der Waals surface area (Å²) < 4.78 is 0. The van der Waals surface area contributed by atoms with Crippen molar-refractivity contribution >= 4 is 28.3 Å². The van der Waals surface area contributed by atoms with Crippen LogP contribution >= 0.6 is 11.3 Å². The van der Waals surface area contributed by atoms with Crippen molar-refractivity contribution < 1.29 is 6.22 Å². The van der Waals surface area contributed by atoms with Gasteiger partial charge in [0.2, 0.25) is 0 Å². The zero-order valence-corrected chi connectivity index (χ0v) is 15.0. The first-order chi connectivity index (χ1) is 12.2. The van der Waals surface area contributed by atoms with Crippen molar-refractivity contribution in [3.8, 4) is 16.5 Å². The molecule has 3 rings (SSSR count). The number of aromatic amines is 1. The minimum absolute atomic E-state index is 0. The number of nitrogens with one attached hydrogen (secondary N) is 1. The predicted octanol–water partition coefficient (Wildman–Crippen LogP) is 4.69. The highest BCUT2D eigenvalue weighted by Crippen LogP contribution is 2.33. The van der Waals surface area contributed by atoms with Crippen molar-refractivity contribution in [2.45, 2.75) is 26.2 Å². The maximum atomic E-state index is 12.8. The molecular weight excluding hydrogens is 332 g/mol. The number of H-pyrrole nitrogens is 1. The molecule has 130 valence electrons. The van der Waals surface area contributed by atoms with E-state index >= 15 is 0 Å². The molecule has 3 aromatic heterocycles. The van der Waals surface area contributed by atoms with Crippen molar-refractivity contribution in [2.75, 3.05) is 13.1 Å². The van der Waals surface area contributed by atoms with Gasteiger partial charge in [0, 0.05) is 42.7 Å². The van der Waals surface area contributed by atoms with Crippen molar-refractivity contribution in [2.24, 2.45) is 0 Å². The summed E-state index contributed by atoms with van der Waals surface area (Å²) in [4.78, 5) is 23.8. The van der Waals surface area contributed by atoms with Crippen LogP contribution in [-0.4, -0.2) is 33.9 Å². The average molecular weight is 354 g/mol. The molecule has 0 aliphatic rings. The summed E-state index contributed by atoms with van der Waals surface area (Å²) in [6.45, 7) is 3.28. The molecule has 0 bridgehead atoms. The third kappa shape index (κ3) is 3.72. The summed E-state index contributed by atoms with van der Waals surface area (Å²) in [5.74, 6) is 0.0133. The second-order valence-corrected chi connectivity index (χ2v) is 6.90. The molecule has 0 radical (unpaired) electrons. The number of aromatic nitrogens is 2. The number of hydrogen-bond acceptors (Lipinski definition) is 4. The van der Waals surface area contributed by atoms with Gasteiger partial charge >= 0.3 is 0 Å². The molecule has 5 nitrogen and oxygen atoms in total. The number of amides is 1. The Morgan fingerprint density at radius 3 is 3.04 bits per heavy atom. The van der Waals surface area contributed by atoms with Gasteiger partial charge in [0.15, 0.2) is 0 Å². The summed E-state index contributed by atoms with van der Waals surface area (Å²) in [7, 11) is 0. The quantitative estimate of drug-likeness (QED) is 0.669. The van der Waals surface area contributed by atoms with E-state index in [-0.39, 0.29) is 7.33 Å². The topological polar surface area (TPSA) is 72.8 Å². The first-order valence-corrected chi connectivity index (χ1v) is 9.24. The van der Waals surface area contributed by atoms with Gasteiger partial charge in [0.25, 0.3) is 5.91 Å². The van der Waals surface area contributed by atoms with Crippen LogP contribution in [0.4, 0.5) is 0 Å². The minimum atomic E-state index is 0. The Hall–Kier alpha value is -2.65. The lowest BCUT2D eigenvalue weighted by atomic mass is 10.1. The van der Waals surface area contributed by atoms with Crippen molar-refractivity contribution in [1.82, 2.24) is 14.9 Å². The van der Waals surface area contributed by atoms with Crippen molar-refractivity contribution in [3.05, 3.63) is 41.5 Å². The molecule has 0 atom stereocenters. The minimum Gasteiger partial charge on any atom is -0.346 e. The molecule has 0 spiro atoms. The lowest BCUT2D eigenvalue weighted by Crippen LogP contribution is -2.32. The van der Waals surface area contributed by atoms with Gasteiger partial charge in [0.05, 0.1) is 17.4 Å². The number of carbonyl (C=O) groups excluding carboxylic acids is 1. The number of unbranched alkanes of at least 4 members (excludes halogenated alkanes) is 1. The Kier molecular flexibility index (Phi) is 5.46. The maximum absolute atomic E-state index is 12.8. The highest BCUT2D eigenvalue weighted by molar-refractivity contribution is 7.17. The molecule has 0 aliphatic heterocycles. The van der Waals surface area contributed by atoms with Gasteiger partial charge < -0.3 is 9.88 Å². The molecule has 0 fully saturated rings. The van der Waals surface area contributed by atoms with Crippen LogP contribution in [0.25, 0.3) is 21.5 Å². The molecule has 3 heterocycles. The fourth-order valence-electron chi connectivity index (χ4n) is 2.78. The molecule has 25 heavy (non-hydrogen) atoms. The molecule has 3 aromatic rings. The zero-order chi connectivity index (χ0) is 17.6. The number of rotatable bonds is 7. The third-order valence-corrected chi connectivity index (χ3v) is 5.21. The van der Waals surface area contributed by atoms with E-state index in [1.807, 2.05) is 30.5 Å². The molecule has 0 aromatic carbocycles. The normalized spacial score (nSPS) is 10.7. The van der Waals surface area contributed by atoms with Crippen LogP contribution in [-0.2, 0) is 0 Å². The lowest BCUT2D eigenvalue weighted by Gasteiger charge is -2.20. The second-order valence-electron chi connectivity index (χ2n) is 5.82. The first kappa shape index (κ1) is 17.2. The number of nitrogens with zero attached hydrogens (tertiary/aromatic N) is 3. The van der Waals surface area contributed by atoms with E-state index in [2.05, 4.69) is 23.0 Å². The molecule has 0 saturated heterocycles. The molecule has 0 saturated carbocycles. The van der Waals surface area contributed by atoms with Gasteiger partial charge in [-0.25, -0.2) is 4.98 Å². The van der Waals surface area contributed by atoms with Crippen LogP contribution in [0.2, 0.25) is 0 Å². The van der Waals surface area contributed by atoms with Crippen molar-refractivity contribution in [3.63, 3.8) is 0 Å². The second kappa shape index (κ2) is 7.95. The lowest BCUT2D eigenvalue weighted by molar-refractivity contribution is 0.0761. The van der Waals surface area contributed by atoms with Gasteiger partial charge in [-0.1, -0.05) is 13.3 Å². The van der Waals surface area contributed by atoms with Gasteiger partial charge in [-0.05, 0) is 30.7 Å². The molecular formula is C19H22N4OS. The van der Waals surface area contributed by atoms with E-state index in [0.29, 0.717) is 24.4 Å². The van der Waals surface area contributed by atoms with Crippen LogP contribution in [0.1, 0.15) is 37.3 Å². The van der Waals surface area contributed by atoms with Gasteiger partial charge in [-0.2, -0.15) is 5.26 Å². The van der Waals surface area contributed by atoms with E-state index in [0.717, 1.165) is 34.3 Å². The third-order valence-electron chi connectivity index (χ3n) is 4.10. The van der Waals surface area contributed by atoms with E-state index in [9.17, 15) is 4.79 Å². The molecule has 1 N–H and O–H groups in total. The number of nitriles is 1. The molecule has 6 heteroatoms. The van der Waals surface area contributed by atoms with E-state index in [1.54, 1.807) is 11.1 Å². The number of pyridine rings is 1. The maximum Gasteiger partial charge on any atom is 0.263 e. The van der Waals surface area contributed by atoms with E-state index < -0.39 is 0 Å². The van der Waals surface area contributed by atoms with Crippen molar-refractivity contribution in [1.29, 1.82) is 5.26 Å². The summed E-state index contributed by atoms with van der Waals surface area (Å²) in [6.07, 6.45) is 5.98. The highest BCUT2D eigenvalue weighted by Gasteiger charge is 2.18. The summed E-state index contributed by atoms with van der Waals surface area (Å²) in [5, 5.41) is 9.88. The smallest absolute Gasteiger partial charge is 0.263 e. The SMILES string of the molecule is CCCCN(CCC#N)C(=O)c1ccc(-c2ccnc3[nH]ccc23)s1.[HH]. The van der Waals surface area contributed by atoms with E-state index in [4.69, 9.17) is 5.26 Å². The summed E-state index contributed by atoms with van der Waals surface area (Å²) >= 11 is 1.49. The zero-order valence-electron chi connectivity index (χ0n) is 14.2. The molecule has 0 aliphatic carbocycles. The monoisotopic (exact) mass is 354 g/mol. The highest BCUT2D eigenvalue weighted by atomic mass is 32.1. The Morgan fingerprint density at radius 1 is 1.36 bits per heavy atom. The molecule has 0 unspecified atom stereocenters. The van der Waals surface area contributed by atoms with Gasteiger partial charge in [-0.3, -0.25) is 4.79 Å². The number of hydrogen-bond donors (Lipinski definition) is 1. The number of carbonyl (C=O) groups is 1. The average Bonchev–Trinajstić information content (AvgIpc) is 3.30. The molecule has 1 amide bonds. The van der Waals surface area contributed by atoms with E-state index in [1.165, 1.54) is 11.3 Å². The Balaban J connectivity index is 0.00000243. The summed E-state index contributed by atoms with van der Waals surface area (Å²) in [6, 6.07) is 9.97.